The van der Waals surface area contributed by atoms with E-state index in [-0.39, 0.29) is 11.4 Å². The van der Waals surface area contributed by atoms with Gasteiger partial charge in [0.15, 0.2) is 5.82 Å². The number of aromatic nitrogens is 4. The van der Waals surface area contributed by atoms with Crippen LogP contribution in [-0.4, -0.2) is 48.6 Å². The van der Waals surface area contributed by atoms with Gasteiger partial charge in [-0.3, -0.25) is 4.21 Å². The van der Waals surface area contributed by atoms with Crippen molar-refractivity contribution in [3.63, 3.8) is 0 Å². The van der Waals surface area contributed by atoms with E-state index in [0.29, 0.717) is 44.9 Å². The van der Waals surface area contributed by atoms with Crippen LogP contribution < -0.4 is 20.7 Å². The molecule has 3 heterocycles. The van der Waals surface area contributed by atoms with Crippen LogP contribution in [0.5, 0.6) is 5.88 Å². The van der Waals surface area contributed by atoms with Gasteiger partial charge in [0.25, 0.3) is 0 Å². The molecule has 0 bridgehead atoms. The lowest BCUT2D eigenvalue weighted by atomic mass is 9.97. The molecule has 9 nitrogen and oxygen atoms in total. The van der Waals surface area contributed by atoms with Crippen molar-refractivity contribution in [3.05, 3.63) is 47.5 Å². The highest BCUT2D eigenvalue weighted by atomic mass is 35.5. The van der Waals surface area contributed by atoms with E-state index in [4.69, 9.17) is 21.3 Å². The molecule has 1 aromatic carbocycles. The SMILES string of the molecule is CC(C)Oc1nc(C2CCNCC2)ncc1Nc1ncc(Cl)c(Nc2ccccc2S(=O)C(C)C)n1. The summed E-state index contributed by atoms with van der Waals surface area (Å²) in [4.78, 5) is 18.9. The minimum absolute atomic E-state index is 0.0294. The highest BCUT2D eigenvalue weighted by Crippen LogP contribution is 2.32. The van der Waals surface area contributed by atoms with E-state index in [1.807, 2.05) is 52.0 Å². The van der Waals surface area contributed by atoms with Gasteiger partial charge in [-0.15, -0.1) is 0 Å². The van der Waals surface area contributed by atoms with Gasteiger partial charge >= 0.3 is 0 Å². The van der Waals surface area contributed by atoms with Crippen LogP contribution in [0.1, 0.15) is 52.3 Å². The molecule has 1 aliphatic heterocycles. The minimum atomic E-state index is -1.18. The van der Waals surface area contributed by atoms with Crippen LogP contribution in [0.4, 0.5) is 23.1 Å². The van der Waals surface area contributed by atoms with Crippen LogP contribution in [0.25, 0.3) is 0 Å². The largest absolute Gasteiger partial charge is 0.473 e. The molecule has 3 aromatic rings. The lowest BCUT2D eigenvalue weighted by Gasteiger charge is -2.22. The highest BCUT2D eigenvalue weighted by molar-refractivity contribution is 7.85. The number of benzene rings is 1. The highest BCUT2D eigenvalue weighted by Gasteiger charge is 2.21. The summed E-state index contributed by atoms with van der Waals surface area (Å²) < 4.78 is 18.8. The topological polar surface area (TPSA) is 114 Å². The lowest BCUT2D eigenvalue weighted by Crippen LogP contribution is -2.27. The van der Waals surface area contributed by atoms with Gasteiger partial charge in [-0.1, -0.05) is 37.6 Å². The minimum Gasteiger partial charge on any atom is -0.473 e. The van der Waals surface area contributed by atoms with Crippen molar-refractivity contribution >= 4 is 45.5 Å². The van der Waals surface area contributed by atoms with Gasteiger partial charge < -0.3 is 20.7 Å². The van der Waals surface area contributed by atoms with Crippen molar-refractivity contribution in [2.45, 2.75) is 62.7 Å². The zero-order valence-electron chi connectivity index (χ0n) is 20.9. The van der Waals surface area contributed by atoms with Crippen molar-refractivity contribution in [2.24, 2.45) is 0 Å². The molecule has 1 aliphatic rings. The zero-order valence-corrected chi connectivity index (χ0v) is 22.5. The molecule has 36 heavy (non-hydrogen) atoms. The van der Waals surface area contributed by atoms with Gasteiger partial charge in [0, 0.05) is 11.2 Å². The number of hydrogen-bond acceptors (Lipinski definition) is 9. The molecule has 0 amide bonds. The Morgan fingerprint density at radius 2 is 1.78 bits per heavy atom. The van der Waals surface area contributed by atoms with Gasteiger partial charge in [0.2, 0.25) is 11.8 Å². The Bertz CT molecular complexity index is 1220. The molecule has 1 unspecified atom stereocenters. The second-order valence-corrected chi connectivity index (χ2v) is 11.5. The third-order valence-electron chi connectivity index (χ3n) is 5.60. The Kier molecular flexibility index (Phi) is 8.71. The summed E-state index contributed by atoms with van der Waals surface area (Å²) >= 11 is 6.40. The average molecular weight is 530 g/mol. The third kappa shape index (κ3) is 6.48. The Balaban J connectivity index is 1.60. The first-order valence-electron chi connectivity index (χ1n) is 12.1. The summed E-state index contributed by atoms with van der Waals surface area (Å²) in [6, 6.07) is 7.42. The molecule has 1 saturated heterocycles. The van der Waals surface area contributed by atoms with Crippen LogP contribution in [0.3, 0.4) is 0 Å². The summed E-state index contributed by atoms with van der Waals surface area (Å²) in [5, 5.41) is 10.1. The van der Waals surface area contributed by atoms with Crippen LogP contribution in [-0.2, 0) is 10.8 Å². The maximum absolute atomic E-state index is 12.8. The number of anilines is 4. The Labute approximate surface area is 219 Å². The number of piperidine rings is 1. The molecule has 1 fully saturated rings. The summed E-state index contributed by atoms with van der Waals surface area (Å²) in [6.07, 6.45) is 5.14. The van der Waals surface area contributed by atoms with Gasteiger partial charge in [-0.05, 0) is 51.9 Å². The van der Waals surface area contributed by atoms with Crippen molar-refractivity contribution in [1.82, 2.24) is 25.3 Å². The standard InChI is InChI=1S/C25H32ClN7O2S/c1-15(2)35-24-20(14-28-22(32-24)17-9-11-27-12-10-17)31-25-29-13-18(26)23(33-25)30-19-7-5-6-8-21(19)36(34)16(3)4/h5-8,13-17,27H,9-12H2,1-4H3,(H2,29,30,31,33). The van der Waals surface area contributed by atoms with E-state index in [1.54, 1.807) is 6.20 Å². The number of halogens is 1. The molecular formula is C25H32ClN7O2S. The van der Waals surface area contributed by atoms with E-state index in [2.05, 4.69) is 30.9 Å². The number of nitrogens with one attached hydrogen (secondary N) is 3. The molecule has 0 radical (unpaired) electrons. The van der Waals surface area contributed by atoms with Crippen molar-refractivity contribution in [2.75, 3.05) is 23.7 Å². The molecule has 0 aliphatic carbocycles. The van der Waals surface area contributed by atoms with Gasteiger partial charge in [-0.2, -0.15) is 9.97 Å². The fraction of sp³-hybridized carbons (Fsp3) is 0.440. The van der Waals surface area contributed by atoms with E-state index < -0.39 is 10.8 Å². The van der Waals surface area contributed by atoms with E-state index >= 15 is 0 Å². The summed E-state index contributed by atoms with van der Waals surface area (Å²) in [6.45, 7) is 9.65. The first kappa shape index (κ1) is 26.2. The predicted molar refractivity (Wildman–Crippen MR) is 144 cm³/mol. The summed E-state index contributed by atoms with van der Waals surface area (Å²) in [5.74, 6) is 2.23. The van der Waals surface area contributed by atoms with Crippen LogP contribution in [0, 0.1) is 0 Å². The summed E-state index contributed by atoms with van der Waals surface area (Å²) in [7, 11) is -1.18. The van der Waals surface area contributed by atoms with E-state index in [9.17, 15) is 4.21 Å². The molecule has 2 aromatic heterocycles. The quantitative estimate of drug-likeness (QED) is 0.345. The van der Waals surface area contributed by atoms with E-state index in [1.165, 1.54) is 6.20 Å². The number of hydrogen-bond donors (Lipinski definition) is 3. The fourth-order valence-electron chi connectivity index (χ4n) is 3.82. The molecule has 4 rings (SSSR count). The van der Waals surface area contributed by atoms with Crippen LogP contribution >= 0.6 is 11.6 Å². The van der Waals surface area contributed by atoms with Gasteiger partial charge in [0.1, 0.15) is 16.5 Å². The third-order valence-corrected chi connectivity index (χ3v) is 7.52. The van der Waals surface area contributed by atoms with Crippen molar-refractivity contribution < 1.29 is 8.95 Å². The number of rotatable bonds is 9. The first-order chi connectivity index (χ1) is 17.3. The second-order valence-electron chi connectivity index (χ2n) is 9.12. The molecule has 11 heteroatoms. The molecular weight excluding hydrogens is 498 g/mol. The molecule has 3 N–H and O–H groups in total. The van der Waals surface area contributed by atoms with Crippen LogP contribution in [0.15, 0.2) is 41.6 Å². The van der Waals surface area contributed by atoms with E-state index in [0.717, 1.165) is 31.8 Å². The molecule has 192 valence electrons. The van der Waals surface area contributed by atoms with Gasteiger partial charge in [0.05, 0.1) is 39.9 Å². The second kappa shape index (κ2) is 11.9. The Morgan fingerprint density at radius 3 is 2.50 bits per heavy atom. The smallest absolute Gasteiger partial charge is 0.241 e. The van der Waals surface area contributed by atoms with Crippen LogP contribution in [0.2, 0.25) is 5.02 Å². The maximum Gasteiger partial charge on any atom is 0.241 e. The zero-order chi connectivity index (χ0) is 25.7. The van der Waals surface area contributed by atoms with Crippen molar-refractivity contribution in [3.8, 4) is 5.88 Å². The molecule has 1 atom stereocenters. The molecule has 0 saturated carbocycles. The number of para-hydroxylation sites is 1. The monoisotopic (exact) mass is 529 g/mol. The fourth-order valence-corrected chi connectivity index (χ4v) is 5.01. The predicted octanol–water partition coefficient (Wildman–Crippen LogP) is 5.18. The Morgan fingerprint density at radius 1 is 1.03 bits per heavy atom. The maximum atomic E-state index is 12.8. The van der Waals surface area contributed by atoms with Crippen molar-refractivity contribution in [1.29, 1.82) is 0 Å². The number of nitrogens with zero attached hydrogens (tertiary/aromatic N) is 4. The average Bonchev–Trinajstić information content (AvgIpc) is 2.87. The first-order valence-corrected chi connectivity index (χ1v) is 13.7. The summed E-state index contributed by atoms with van der Waals surface area (Å²) in [5.41, 5.74) is 1.24. The van der Waals surface area contributed by atoms with Gasteiger partial charge in [-0.25, -0.2) is 9.97 Å². The lowest BCUT2D eigenvalue weighted by molar-refractivity contribution is 0.232. The number of ether oxygens (including phenoxy) is 1. The normalized spacial score (nSPS) is 15.2. The Hall–Kier alpha value is -2.82. The molecule has 0 spiro atoms.